The fourth-order valence-corrected chi connectivity index (χ4v) is 0.958. The molecule has 0 radical (unpaired) electrons. The van der Waals surface area contributed by atoms with Gasteiger partial charge in [0.15, 0.2) is 0 Å². The Morgan fingerprint density at radius 2 is 1.94 bits per heavy atom. The third-order valence-electron chi connectivity index (χ3n) is 1.99. The van der Waals surface area contributed by atoms with Gasteiger partial charge in [0.05, 0.1) is 0 Å². The minimum atomic E-state index is -0.619. The highest BCUT2D eigenvalue weighted by molar-refractivity contribution is 5.95. The second-order valence-electron chi connectivity index (χ2n) is 3.14. The van der Waals surface area contributed by atoms with E-state index < -0.39 is 11.9 Å². The second-order valence-corrected chi connectivity index (χ2v) is 3.14. The lowest BCUT2D eigenvalue weighted by molar-refractivity contribution is -0.144. The summed E-state index contributed by atoms with van der Waals surface area (Å²) in [6.07, 6.45) is 0.486. The van der Waals surface area contributed by atoms with E-state index >= 15 is 0 Å². The van der Waals surface area contributed by atoms with Gasteiger partial charge in [-0.1, -0.05) is 31.7 Å². The van der Waals surface area contributed by atoms with Crippen molar-refractivity contribution in [3.8, 4) is 0 Å². The maximum absolute atomic E-state index is 11.4. The molecule has 0 heterocycles. The summed E-state index contributed by atoms with van der Waals surface area (Å²) in [6, 6.07) is 8.49. The summed E-state index contributed by atoms with van der Waals surface area (Å²) in [5.74, 6) is -1.08. The van der Waals surface area contributed by atoms with Crippen molar-refractivity contribution in [3.05, 3.63) is 48.0 Å². The molecule has 1 rings (SSSR count). The SMILES string of the molecule is C=C(CC)C(=O)ONC(=O)c1ccccc1. The molecule has 0 spiro atoms. The summed E-state index contributed by atoms with van der Waals surface area (Å²) >= 11 is 0. The Bertz CT molecular complexity index is 398. The first kappa shape index (κ1) is 12.0. The molecule has 0 aromatic heterocycles. The minimum Gasteiger partial charge on any atom is -0.335 e. The first-order valence-corrected chi connectivity index (χ1v) is 4.89. The summed E-state index contributed by atoms with van der Waals surface area (Å²) in [6.45, 7) is 5.28. The van der Waals surface area contributed by atoms with Crippen LogP contribution in [-0.2, 0) is 9.63 Å². The van der Waals surface area contributed by atoms with Crippen LogP contribution in [-0.4, -0.2) is 11.9 Å². The molecule has 1 aromatic carbocycles. The van der Waals surface area contributed by atoms with Crippen LogP contribution in [0.5, 0.6) is 0 Å². The fraction of sp³-hybridized carbons (Fsp3) is 0.167. The van der Waals surface area contributed by atoms with Gasteiger partial charge in [0, 0.05) is 11.1 Å². The fourth-order valence-electron chi connectivity index (χ4n) is 0.958. The molecule has 16 heavy (non-hydrogen) atoms. The number of rotatable bonds is 3. The van der Waals surface area contributed by atoms with Crippen LogP contribution in [0, 0.1) is 0 Å². The van der Waals surface area contributed by atoms with E-state index in [1.54, 1.807) is 37.3 Å². The summed E-state index contributed by atoms with van der Waals surface area (Å²) in [4.78, 5) is 27.2. The smallest absolute Gasteiger partial charge is 0.335 e. The van der Waals surface area contributed by atoms with Crippen molar-refractivity contribution in [3.63, 3.8) is 0 Å². The molecule has 1 aromatic rings. The zero-order valence-electron chi connectivity index (χ0n) is 9.03. The van der Waals surface area contributed by atoms with Crippen LogP contribution in [0.25, 0.3) is 0 Å². The molecular formula is C12H13NO3. The van der Waals surface area contributed by atoms with E-state index in [0.717, 1.165) is 0 Å². The van der Waals surface area contributed by atoms with Gasteiger partial charge >= 0.3 is 5.97 Å². The molecule has 1 N–H and O–H groups in total. The number of nitrogens with one attached hydrogen (secondary N) is 1. The minimum absolute atomic E-state index is 0.313. The van der Waals surface area contributed by atoms with Gasteiger partial charge in [-0.25, -0.2) is 4.79 Å². The standard InChI is InChI=1S/C12H13NO3/c1-3-9(2)12(15)16-13-11(14)10-7-5-4-6-8-10/h4-8H,2-3H2,1H3,(H,13,14). The third kappa shape index (κ3) is 3.24. The topological polar surface area (TPSA) is 55.4 Å². The molecule has 0 aliphatic heterocycles. The van der Waals surface area contributed by atoms with Gasteiger partial charge < -0.3 is 4.84 Å². The second kappa shape index (κ2) is 5.70. The van der Waals surface area contributed by atoms with Gasteiger partial charge in [0.1, 0.15) is 0 Å². The normalized spacial score (nSPS) is 9.31. The molecule has 0 atom stereocenters. The lowest BCUT2D eigenvalue weighted by atomic mass is 10.2. The first-order chi connectivity index (χ1) is 7.65. The number of hydrogen-bond acceptors (Lipinski definition) is 3. The summed E-state index contributed by atoms with van der Waals surface area (Å²) in [7, 11) is 0. The Morgan fingerprint density at radius 3 is 2.50 bits per heavy atom. The highest BCUT2D eigenvalue weighted by Gasteiger charge is 2.10. The van der Waals surface area contributed by atoms with E-state index in [1.807, 2.05) is 0 Å². The summed E-state index contributed by atoms with van der Waals surface area (Å²) in [5, 5.41) is 0. The number of hydroxylamine groups is 1. The molecule has 0 fully saturated rings. The Hall–Kier alpha value is -2.10. The summed E-state index contributed by atoms with van der Waals surface area (Å²) < 4.78 is 0. The molecule has 84 valence electrons. The number of benzene rings is 1. The zero-order chi connectivity index (χ0) is 12.0. The molecule has 1 amide bonds. The van der Waals surface area contributed by atoms with Crippen LogP contribution in [0.1, 0.15) is 23.7 Å². The average Bonchev–Trinajstić information content (AvgIpc) is 2.35. The average molecular weight is 219 g/mol. The van der Waals surface area contributed by atoms with E-state index in [4.69, 9.17) is 0 Å². The van der Waals surface area contributed by atoms with E-state index in [-0.39, 0.29) is 0 Å². The molecule has 0 aliphatic rings. The Kier molecular flexibility index (Phi) is 4.27. The number of carbonyl (C=O) groups excluding carboxylic acids is 2. The molecule has 0 unspecified atom stereocenters. The highest BCUT2D eigenvalue weighted by Crippen LogP contribution is 2.00. The number of amides is 1. The Labute approximate surface area is 93.9 Å². The number of carbonyl (C=O) groups is 2. The van der Waals surface area contributed by atoms with Gasteiger partial charge in [-0.05, 0) is 18.6 Å². The molecule has 4 nitrogen and oxygen atoms in total. The maximum atomic E-state index is 11.4. The molecule has 4 heteroatoms. The van der Waals surface area contributed by atoms with Gasteiger partial charge in [0.25, 0.3) is 5.91 Å². The van der Waals surface area contributed by atoms with E-state index in [2.05, 4.69) is 16.9 Å². The molecule has 0 saturated carbocycles. The van der Waals surface area contributed by atoms with Crippen LogP contribution < -0.4 is 5.48 Å². The molecule has 0 aliphatic carbocycles. The van der Waals surface area contributed by atoms with E-state index in [9.17, 15) is 9.59 Å². The maximum Gasteiger partial charge on any atom is 0.358 e. The molecular weight excluding hydrogens is 206 g/mol. The van der Waals surface area contributed by atoms with Gasteiger partial charge in [-0.15, -0.1) is 0 Å². The van der Waals surface area contributed by atoms with Crippen molar-refractivity contribution in [2.24, 2.45) is 0 Å². The van der Waals surface area contributed by atoms with Gasteiger partial charge in [0.2, 0.25) is 0 Å². The zero-order valence-corrected chi connectivity index (χ0v) is 9.03. The van der Waals surface area contributed by atoms with Crippen LogP contribution >= 0.6 is 0 Å². The lowest BCUT2D eigenvalue weighted by Crippen LogP contribution is -2.27. The van der Waals surface area contributed by atoms with Crippen LogP contribution in [0.15, 0.2) is 42.5 Å². The predicted octanol–water partition coefficient (Wildman–Crippen LogP) is 1.84. The number of hydrogen-bond donors (Lipinski definition) is 1. The van der Waals surface area contributed by atoms with Crippen LogP contribution in [0.3, 0.4) is 0 Å². The third-order valence-corrected chi connectivity index (χ3v) is 1.99. The van der Waals surface area contributed by atoms with E-state index in [1.165, 1.54) is 0 Å². The van der Waals surface area contributed by atoms with Crippen molar-refractivity contribution < 1.29 is 14.4 Å². The largest absolute Gasteiger partial charge is 0.358 e. The van der Waals surface area contributed by atoms with Crippen molar-refractivity contribution >= 4 is 11.9 Å². The molecule has 0 saturated heterocycles. The Morgan fingerprint density at radius 1 is 1.31 bits per heavy atom. The van der Waals surface area contributed by atoms with Crippen molar-refractivity contribution in [2.45, 2.75) is 13.3 Å². The lowest BCUT2D eigenvalue weighted by Gasteiger charge is -2.05. The molecule has 0 bridgehead atoms. The predicted molar refractivity (Wildman–Crippen MR) is 59.4 cm³/mol. The van der Waals surface area contributed by atoms with Crippen molar-refractivity contribution in [1.82, 2.24) is 5.48 Å². The summed E-state index contributed by atoms with van der Waals surface area (Å²) in [5.41, 5.74) is 2.81. The monoisotopic (exact) mass is 219 g/mol. The Balaban J connectivity index is 2.48. The van der Waals surface area contributed by atoms with Gasteiger partial charge in [-0.2, -0.15) is 5.48 Å². The van der Waals surface area contributed by atoms with Crippen LogP contribution in [0.2, 0.25) is 0 Å². The quantitative estimate of drug-likeness (QED) is 0.623. The van der Waals surface area contributed by atoms with Crippen LogP contribution in [0.4, 0.5) is 0 Å². The van der Waals surface area contributed by atoms with E-state index in [0.29, 0.717) is 17.6 Å². The van der Waals surface area contributed by atoms with Crippen molar-refractivity contribution in [1.29, 1.82) is 0 Å². The van der Waals surface area contributed by atoms with Crippen molar-refractivity contribution in [2.75, 3.05) is 0 Å². The van der Waals surface area contributed by atoms with Gasteiger partial charge in [-0.3, -0.25) is 4.79 Å². The highest BCUT2D eigenvalue weighted by atomic mass is 16.7. The first-order valence-electron chi connectivity index (χ1n) is 4.89.